The van der Waals surface area contributed by atoms with E-state index in [0.717, 1.165) is 16.3 Å². The van der Waals surface area contributed by atoms with Crippen LogP contribution in [-0.2, 0) is 0 Å². The zero-order valence-corrected chi connectivity index (χ0v) is 8.34. The van der Waals surface area contributed by atoms with Gasteiger partial charge in [0.25, 0.3) is 0 Å². The number of rotatable bonds is 2. The molecule has 4 heteroatoms. The monoisotopic (exact) mass is 202 g/mol. The van der Waals surface area contributed by atoms with Crippen LogP contribution in [0.4, 0.5) is 0 Å². The standard InChI is InChI=1S/C11H11BO3/c1-8-4-2-5-9-6-3-7-10(11(8)9)15-12(13)14/h2-7,13-14H,1H3. The molecule has 0 aliphatic carbocycles. The highest BCUT2D eigenvalue weighted by molar-refractivity contribution is 6.34. The number of fused-ring (bicyclic) bond motifs is 1. The van der Waals surface area contributed by atoms with Gasteiger partial charge >= 0.3 is 7.32 Å². The van der Waals surface area contributed by atoms with Gasteiger partial charge in [0.15, 0.2) is 0 Å². The summed E-state index contributed by atoms with van der Waals surface area (Å²) >= 11 is 0. The molecule has 3 nitrogen and oxygen atoms in total. The van der Waals surface area contributed by atoms with Crippen LogP contribution in [-0.4, -0.2) is 17.4 Å². The molecule has 0 heterocycles. The molecule has 0 saturated heterocycles. The summed E-state index contributed by atoms with van der Waals surface area (Å²) in [6.45, 7) is 1.96. The van der Waals surface area contributed by atoms with E-state index in [1.54, 1.807) is 6.07 Å². The minimum atomic E-state index is -1.78. The largest absolute Gasteiger partial charge is 0.707 e. The van der Waals surface area contributed by atoms with Gasteiger partial charge in [-0.25, -0.2) is 0 Å². The Morgan fingerprint density at radius 2 is 1.73 bits per heavy atom. The van der Waals surface area contributed by atoms with Crippen LogP contribution in [0.15, 0.2) is 36.4 Å². The second kappa shape index (κ2) is 3.92. The van der Waals surface area contributed by atoms with Gasteiger partial charge in [0.05, 0.1) is 0 Å². The predicted octanol–water partition coefficient (Wildman–Crippen LogP) is 1.50. The van der Waals surface area contributed by atoms with E-state index < -0.39 is 7.32 Å². The summed E-state index contributed by atoms with van der Waals surface area (Å²) < 4.78 is 4.92. The van der Waals surface area contributed by atoms with Crippen LogP contribution in [0.5, 0.6) is 5.75 Å². The van der Waals surface area contributed by atoms with E-state index in [1.807, 2.05) is 37.3 Å². The molecule has 0 aliphatic rings. The van der Waals surface area contributed by atoms with Crippen molar-refractivity contribution >= 4 is 18.1 Å². The van der Waals surface area contributed by atoms with Crippen LogP contribution in [0.25, 0.3) is 10.8 Å². The highest BCUT2D eigenvalue weighted by atomic mass is 16.6. The molecular weight excluding hydrogens is 191 g/mol. The third-order valence-corrected chi connectivity index (χ3v) is 2.31. The molecule has 76 valence electrons. The molecule has 0 aromatic heterocycles. The quantitative estimate of drug-likeness (QED) is 0.725. The van der Waals surface area contributed by atoms with Crippen LogP contribution in [0, 0.1) is 6.92 Å². The van der Waals surface area contributed by atoms with Crippen molar-refractivity contribution < 1.29 is 14.7 Å². The molecule has 0 fully saturated rings. The number of benzene rings is 2. The Kier molecular flexibility index (Phi) is 2.62. The summed E-state index contributed by atoms with van der Waals surface area (Å²) in [5, 5.41) is 19.5. The van der Waals surface area contributed by atoms with E-state index in [1.165, 1.54) is 0 Å². The topological polar surface area (TPSA) is 49.7 Å². The van der Waals surface area contributed by atoms with Crippen molar-refractivity contribution in [2.24, 2.45) is 0 Å². The molecule has 0 spiro atoms. The highest BCUT2D eigenvalue weighted by Gasteiger charge is 2.13. The van der Waals surface area contributed by atoms with Gasteiger partial charge in [-0.05, 0) is 23.9 Å². The first-order valence-electron chi connectivity index (χ1n) is 4.69. The van der Waals surface area contributed by atoms with Gasteiger partial charge in [0.1, 0.15) is 5.75 Å². The third kappa shape index (κ3) is 1.96. The molecule has 2 N–H and O–H groups in total. The van der Waals surface area contributed by atoms with E-state index in [0.29, 0.717) is 5.75 Å². The highest BCUT2D eigenvalue weighted by Crippen LogP contribution is 2.28. The molecule has 0 bridgehead atoms. The molecular formula is C11H11BO3. The summed E-state index contributed by atoms with van der Waals surface area (Å²) in [5.41, 5.74) is 1.05. The number of hydrogen-bond donors (Lipinski definition) is 2. The summed E-state index contributed by atoms with van der Waals surface area (Å²) in [6, 6.07) is 11.4. The lowest BCUT2D eigenvalue weighted by Gasteiger charge is -2.10. The van der Waals surface area contributed by atoms with E-state index in [-0.39, 0.29) is 0 Å². The summed E-state index contributed by atoms with van der Waals surface area (Å²) in [5.74, 6) is 0.487. The van der Waals surface area contributed by atoms with Crippen LogP contribution in [0.2, 0.25) is 0 Å². The van der Waals surface area contributed by atoms with Crippen LogP contribution < -0.4 is 4.65 Å². The van der Waals surface area contributed by atoms with Crippen molar-refractivity contribution in [1.82, 2.24) is 0 Å². The maximum Gasteiger partial charge on any atom is 0.707 e. The second-order valence-electron chi connectivity index (χ2n) is 3.37. The average molecular weight is 202 g/mol. The van der Waals surface area contributed by atoms with Gasteiger partial charge < -0.3 is 14.7 Å². The Morgan fingerprint density at radius 3 is 2.40 bits per heavy atom. The molecule has 0 saturated carbocycles. The molecule has 0 atom stereocenters. The van der Waals surface area contributed by atoms with Gasteiger partial charge in [-0.1, -0.05) is 30.3 Å². The summed E-state index contributed by atoms with van der Waals surface area (Å²) in [4.78, 5) is 0. The van der Waals surface area contributed by atoms with Crippen molar-refractivity contribution in [1.29, 1.82) is 0 Å². The average Bonchev–Trinajstić information content (AvgIpc) is 2.17. The van der Waals surface area contributed by atoms with Gasteiger partial charge in [0.2, 0.25) is 0 Å². The van der Waals surface area contributed by atoms with Gasteiger partial charge in [-0.2, -0.15) is 0 Å². The Hall–Kier alpha value is -1.52. The van der Waals surface area contributed by atoms with Crippen LogP contribution in [0.3, 0.4) is 0 Å². The first-order chi connectivity index (χ1) is 7.18. The fourth-order valence-electron chi connectivity index (χ4n) is 1.70. The van der Waals surface area contributed by atoms with Gasteiger partial charge in [-0.15, -0.1) is 0 Å². The third-order valence-electron chi connectivity index (χ3n) is 2.31. The molecule has 0 amide bonds. The van der Waals surface area contributed by atoms with Crippen molar-refractivity contribution in [2.45, 2.75) is 6.92 Å². The lowest BCUT2D eigenvalue weighted by atomic mass is 10.0. The van der Waals surface area contributed by atoms with E-state index in [2.05, 4.69) is 0 Å². The van der Waals surface area contributed by atoms with Crippen molar-refractivity contribution in [3.63, 3.8) is 0 Å². The van der Waals surface area contributed by atoms with E-state index >= 15 is 0 Å². The molecule has 2 aromatic rings. The van der Waals surface area contributed by atoms with Crippen molar-refractivity contribution in [2.75, 3.05) is 0 Å². The molecule has 0 radical (unpaired) electrons. The Labute approximate surface area is 88.1 Å². The Balaban J connectivity index is 2.63. The van der Waals surface area contributed by atoms with Crippen molar-refractivity contribution in [3.05, 3.63) is 42.0 Å². The normalized spacial score (nSPS) is 10.3. The number of aryl methyl sites for hydroxylation is 1. The van der Waals surface area contributed by atoms with E-state index in [9.17, 15) is 0 Å². The fraction of sp³-hybridized carbons (Fsp3) is 0.0909. The predicted molar refractivity (Wildman–Crippen MR) is 59.5 cm³/mol. The molecule has 15 heavy (non-hydrogen) atoms. The first kappa shape index (κ1) is 10.0. The van der Waals surface area contributed by atoms with Crippen LogP contribution >= 0.6 is 0 Å². The second-order valence-corrected chi connectivity index (χ2v) is 3.37. The molecule has 0 unspecified atom stereocenters. The number of hydrogen-bond acceptors (Lipinski definition) is 3. The van der Waals surface area contributed by atoms with Crippen LogP contribution in [0.1, 0.15) is 5.56 Å². The first-order valence-corrected chi connectivity index (χ1v) is 4.69. The van der Waals surface area contributed by atoms with Gasteiger partial charge in [0, 0.05) is 5.39 Å². The van der Waals surface area contributed by atoms with Gasteiger partial charge in [-0.3, -0.25) is 0 Å². The maximum atomic E-state index is 8.79. The lowest BCUT2D eigenvalue weighted by molar-refractivity contribution is 0.289. The minimum Gasteiger partial charge on any atom is -0.511 e. The minimum absolute atomic E-state index is 0.487. The zero-order chi connectivity index (χ0) is 10.8. The molecule has 0 aliphatic heterocycles. The van der Waals surface area contributed by atoms with Crippen molar-refractivity contribution in [3.8, 4) is 5.75 Å². The lowest BCUT2D eigenvalue weighted by Crippen LogP contribution is -2.20. The zero-order valence-electron chi connectivity index (χ0n) is 8.34. The fourth-order valence-corrected chi connectivity index (χ4v) is 1.70. The van der Waals surface area contributed by atoms with E-state index in [4.69, 9.17) is 14.7 Å². The summed E-state index contributed by atoms with van der Waals surface area (Å²) in [6.07, 6.45) is 0. The summed E-state index contributed by atoms with van der Waals surface area (Å²) in [7, 11) is -1.78. The SMILES string of the molecule is Cc1cccc2cccc(OB(O)O)c12. The Bertz CT molecular complexity index is 477. The molecule has 2 rings (SSSR count). The Morgan fingerprint density at radius 1 is 1.07 bits per heavy atom. The smallest absolute Gasteiger partial charge is 0.511 e. The molecule has 2 aromatic carbocycles. The maximum absolute atomic E-state index is 8.79.